The molecule has 0 spiro atoms. The Morgan fingerprint density at radius 3 is 2.61 bits per heavy atom. The van der Waals surface area contributed by atoms with Gasteiger partial charge in [0.15, 0.2) is 0 Å². The van der Waals surface area contributed by atoms with E-state index in [1.165, 1.54) is 0 Å². The summed E-state index contributed by atoms with van der Waals surface area (Å²) in [6.07, 6.45) is 0. The molecule has 0 aliphatic carbocycles. The van der Waals surface area contributed by atoms with Gasteiger partial charge < -0.3 is 25.7 Å². The number of pyridine rings is 1. The van der Waals surface area contributed by atoms with Crippen LogP contribution < -0.4 is 16.2 Å². The predicted molar refractivity (Wildman–Crippen MR) is 120 cm³/mol. The van der Waals surface area contributed by atoms with Crippen molar-refractivity contribution in [1.29, 1.82) is 0 Å². The van der Waals surface area contributed by atoms with E-state index in [2.05, 4.69) is 19.9 Å². The van der Waals surface area contributed by atoms with Gasteiger partial charge in [-0.15, -0.1) is 0 Å². The molecule has 5 rings (SSSR count). The Morgan fingerprint density at radius 2 is 1.84 bits per heavy atom. The van der Waals surface area contributed by atoms with Crippen LogP contribution in [0.3, 0.4) is 0 Å². The molecule has 1 saturated heterocycles. The fourth-order valence-corrected chi connectivity index (χ4v) is 4.17. The first-order valence-corrected chi connectivity index (χ1v) is 10.1. The van der Waals surface area contributed by atoms with E-state index in [-0.39, 0.29) is 12.1 Å². The highest BCUT2D eigenvalue weighted by Crippen LogP contribution is 2.29. The molecule has 9 nitrogen and oxygen atoms in total. The molecule has 158 valence electrons. The summed E-state index contributed by atoms with van der Waals surface area (Å²) in [7, 11) is 0. The number of carbonyl (C=O) groups is 1. The number of nitrogens with one attached hydrogen (secondary N) is 2. The maximum Gasteiger partial charge on any atom is 0.317 e. The number of carboxylic acids is 1. The zero-order valence-electron chi connectivity index (χ0n) is 16.8. The van der Waals surface area contributed by atoms with Gasteiger partial charge in [-0.3, -0.25) is 14.5 Å². The summed E-state index contributed by atoms with van der Waals surface area (Å²) in [5.41, 5.74) is 10.0. The Bertz CT molecular complexity index is 1350. The van der Waals surface area contributed by atoms with Crippen LogP contribution in [-0.4, -0.2) is 63.7 Å². The molecule has 2 aromatic carbocycles. The zero-order chi connectivity index (χ0) is 21.5. The number of para-hydroxylation sites is 1. The van der Waals surface area contributed by atoms with Gasteiger partial charge in [-0.2, -0.15) is 0 Å². The van der Waals surface area contributed by atoms with E-state index in [0.717, 1.165) is 35.2 Å². The number of anilines is 2. The van der Waals surface area contributed by atoms with Crippen LogP contribution in [0.4, 0.5) is 11.4 Å². The van der Waals surface area contributed by atoms with Gasteiger partial charge >= 0.3 is 5.97 Å². The fraction of sp³-hybridized carbons (Fsp3) is 0.227. The number of aliphatic carboxylic acids is 1. The second kappa shape index (κ2) is 7.44. The van der Waals surface area contributed by atoms with Crippen molar-refractivity contribution in [3.63, 3.8) is 0 Å². The number of hydrogen-bond acceptors (Lipinski definition) is 6. The highest BCUT2D eigenvalue weighted by molar-refractivity contribution is 5.97. The number of benzene rings is 2. The third-order valence-corrected chi connectivity index (χ3v) is 5.76. The van der Waals surface area contributed by atoms with Crippen LogP contribution in [0, 0.1) is 0 Å². The van der Waals surface area contributed by atoms with E-state index in [9.17, 15) is 9.59 Å². The van der Waals surface area contributed by atoms with E-state index >= 15 is 0 Å². The number of aromatic nitrogens is 3. The first kappa shape index (κ1) is 19.1. The van der Waals surface area contributed by atoms with Gasteiger partial charge in [-0.05, 0) is 24.3 Å². The van der Waals surface area contributed by atoms with Crippen molar-refractivity contribution >= 4 is 39.3 Å². The lowest BCUT2D eigenvalue weighted by Crippen LogP contribution is -2.47. The Hall–Kier alpha value is -3.85. The van der Waals surface area contributed by atoms with Crippen molar-refractivity contribution < 1.29 is 9.90 Å². The van der Waals surface area contributed by atoms with Crippen molar-refractivity contribution in [2.45, 2.75) is 0 Å². The maximum absolute atomic E-state index is 12.7. The minimum absolute atomic E-state index is 0.0680. The highest BCUT2D eigenvalue weighted by atomic mass is 16.4. The number of carboxylic acid groups (broad SMARTS) is 1. The van der Waals surface area contributed by atoms with Crippen molar-refractivity contribution in [3.05, 3.63) is 52.8 Å². The minimum atomic E-state index is -0.803. The third-order valence-electron chi connectivity index (χ3n) is 5.76. The minimum Gasteiger partial charge on any atom is -0.480 e. The summed E-state index contributed by atoms with van der Waals surface area (Å²) in [6, 6.07) is 13.3. The Morgan fingerprint density at radius 1 is 1.06 bits per heavy atom. The number of aromatic amines is 2. The van der Waals surface area contributed by atoms with Crippen LogP contribution in [0.25, 0.3) is 33.3 Å². The van der Waals surface area contributed by atoms with Gasteiger partial charge in [0.1, 0.15) is 11.4 Å². The highest BCUT2D eigenvalue weighted by Gasteiger charge is 2.20. The summed E-state index contributed by atoms with van der Waals surface area (Å²) in [6.45, 7) is 2.95. The molecule has 31 heavy (non-hydrogen) atoms. The molecule has 0 radical (unpaired) electrons. The van der Waals surface area contributed by atoms with Crippen molar-refractivity contribution in [3.8, 4) is 11.4 Å². The summed E-state index contributed by atoms with van der Waals surface area (Å²) in [5, 5.41) is 9.74. The number of imidazole rings is 1. The fourth-order valence-electron chi connectivity index (χ4n) is 4.17. The Labute approximate surface area is 177 Å². The predicted octanol–water partition coefficient (Wildman–Crippen LogP) is 1.86. The molecule has 1 aliphatic rings. The summed E-state index contributed by atoms with van der Waals surface area (Å²) < 4.78 is 0. The lowest BCUT2D eigenvalue weighted by atomic mass is 10.1. The standard InChI is InChI=1S/C22H22N6O3/c23-20-14-3-1-2-4-15(14)26-22(31)19(20)21-24-16-6-5-13(11-17(16)25-21)28-9-7-27(8-10-28)12-18(29)30/h1-6,11H,7-10,12H2,(H,24,25)(H,29,30)(H3,23,26,31). The first-order chi connectivity index (χ1) is 15.0. The SMILES string of the molecule is Nc1c(-c2nc3ccc(N4CCN(CC(=O)O)CC4)cc3[nH]2)c(=O)[nH]c2ccccc12. The second-order valence-electron chi connectivity index (χ2n) is 7.73. The molecular formula is C22H22N6O3. The average molecular weight is 418 g/mol. The molecular weight excluding hydrogens is 396 g/mol. The number of fused-ring (bicyclic) bond motifs is 2. The number of H-pyrrole nitrogens is 2. The number of nitrogens with two attached hydrogens (primary N) is 1. The van der Waals surface area contributed by atoms with E-state index in [1.54, 1.807) is 0 Å². The largest absolute Gasteiger partial charge is 0.480 e. The van der Waals surface area contributed by atoms with E-state index in [1.807, 2.05) is 47.4 Å². The van der Waals surface area contributed by atoms with Crippen molar-refractivity contribution in [2.24, 2.45) is 0 Å². The Balaban J connectivity index is 1.47. The van der Waals surface area contributed by atoms with Gasteiger partial charge in [-0.1, -0.05) is 18.2 Å². The first-order valence-electron chi connectivity index (χ1n) is 10.1. The number of rotatable bonds is 4. The number of nitrogens with zero attached hydrogens (tertiary/aromatic N) is 3. The summed E-state index contributed by atoms with van der Waals surface area (Å²) in [4.78, 5) is 38.5. The van der Waals surface area contributed by atoms with Gasteiger partial charge in [0.2, 0.25) is 0 Å². The van der Waals surface area contributed by atoms with Gasteiger partial charge in [0, 0.05) is 37.3 Å². The smallest absolute Gasteiger partial charge is 0.317 e. The molecule has 0 saturated carbocycles. The average Bonchev–Trinajstić information content (AvgIpc) is 3.16. The molecule has 2 aromatic heterocycles. The normalized spacial score (nSPS) is 15.0. The van der Waals surface area contributed by atoms with Crippen LogP contribution in [0.1, 0.15) is 0 Å². The van der Waals surface area contributed by atoms with Crippen LogP contribution in [0.15, 0.2) is 47.3 Å². The molecule has 1 fully saturated rings. The number of hydrogen-bond donors (Lipinski definition) is 4. The van der Waals surface area contributed by atoms with Gasteiger partial charge in [0.05, 0.1) is 28.8 Å². The molecule has 0 amide bonds. The van der Waals surface area contributed by atoms with Crippen LogP contribution >= 0.6 is 0 Å². The molecule has 4 aromatic rings. The van der Waals surface area contributed by atoms with Gasteiger partial charge in [0.25, 0.3) is 5.56 Å². The number of nitrogen functional groups attached to an aromatic ring is 1. The monoisotopic (exact) mass is 418 g/mol. The second-order valence-corrected chi connectivity index (χ2v) is 7.73. The number of piperazine rings is 1. The molecule has 0 bridgehead atoms. The molecule has 5 N–H and O–H groups in total. The third kappa shape index (κ3) is 3.49. The summed E-state index contributed by atoms with van der Waals surface area (Å²) >= 11 is 0. The van der Waals surface area contributed by atoms with Crippen LogP contribution in [0.2, 0.25) is 0 Å². The molecule has 9 heteroatoms. The van der Waals surface area contributed by atoms with E-state index < -0.39 is 5.97 Å². The van der Waals surface area contributed by atoms with Crippen LogP contribution in [-0.2, 0) is 4.79 Å². The molecule has 1 aliphatic heterocycles. The van der Waals surface area contributed by atoms with Gasteiger partial charge in [-0.25, -0.2) is 4.98 Å². The molecule has 0 unspecified atom stereocenters. The van der Waals surface area contributed by atoms with Crippen molar-refractivity contribution in [2.75, 3.05) is 43.4 Å². The maximum atomic E-state index is 12.7. The van der Waals surface area contributed by atoms with Crippen LogP contribution in [0.5, 0.6) is 0 Å². The molecule has 0 atom stereocenters. The molecule has 3 heterocycles. The topological polar surface area (TPSA) is 131 Å². The quantitative estimate of drug-likeness (QED) is 0.398. The van der Waals surface area contributed by atoms with E-state index in [4.69, 9.17) is 10.8 Å². The lowest BCUT2D eigenvalue weighted by Gasteiger charge is -2.35. The lowest BCUT2D eigenvalue weighted by molar-refractivity contribution is -0.138. The van der Waals surface area contributed by atoms with Crippen molar-refractivity contribution in [1.82, 2.24) is 19.9 Å². The Kier molecular flexibility index (Phi) is 4.59. The summed E-state index contributed by atoms with van der Waals surface area (Å²) in [5.74, 6) is -0.370. The van der Waals surface area contributed by atoms with E-state index in [0.29, 0.717) is 35.7 Å². The zero-order valence-corrected chi connectivity index (χ0v) is 16.8.